The molecule has 0 aromatic carbocycles. The molecule has 0 bridgehead atoms. The minimum Gasteiger partial charge on any atom is -0.465 e. The Balaban J connectivity index is 1.95. The Morgan fingerprint density at radius 1 is 1.60 bits per heavy atom. The highest BCUT2D eigenvalue weighted by Gasteiger charge is 2.18. The van der Waals surface area contributed by atoms with Crippen molar-refractivity contribution in [2.45, 2.75) is 38.6 Å². The standard InChI is InChI=1S/C11H21NO2S/c1-2-14-11(13)10(12)6-7-15-8-9-4-3-5-9/h9-10H,2-8,12H2,1H3. The molecule has 0 amide bonds. The van der Waals surface area contributed by atoms with E-state index in [0.717, 1.165) is 18.1 Å². The van der Waals surface area contributed by atoms with Gasteiger partial charge in [0.15, 0.2) is 0 Å². The Kier molecular flexibility index (Phi) is 6.10. The Bertz CT molecular complexity index is 195. The lowest BCUT2D eigenvalue weighted by Crippen LogP contribution is -2.32. The summed E-state index contributed by atoms with van der Waals surface area (Å²) in [5.74, 6) is 2.86. The van der Waals surface area contributed by atoms with Gasteiger partial charge in [-0.2, -0.15) is 11.8 Å². The molecule has 0 heterocycles. The van der Waals surface area contributed by atoms with Crippen molar-refractivity contribution in [1.29, 1.82) is 0 Å². The van der Waals surface area contributed by atoms with Crippen molar-refractivity contribution in [2.24, 2.45) is 11.7 Å². The van der Waals surface area contributed by atoms with Gasteiger partial charge in [-0.3, -0.25) is 4.79 Å². The van der Waals surface area contributed by atoms with Gasteiger partial charge in [-0.05, 0) is 43.6 Å². The molecule has 1 atom stereocenters. The number of rotatable bonds is 7. The summed E-state index contributed by atoms with van der Waals surface area (Å²) >= 11 is 1.91. The third kappa shape index (κ3) is 4.89. The molecule has 2 N–H and O–H groups in total. The van der Waals surface area contributed by atoms with Crippen molar-refractivity contribution >= 4 is 17.7 Å². The molecule has 1 unspecified atom stereocenters. The molecule has 1 rings (SSSR count). The maximum absolute atomic E-state index is 11.2. The van der Waals surface area contributed by atoms with Crippen LogP contribution >= 0.6 is 11.8 Å². The van der Waals surface area contributed by atoms with Gasteiger partial charge in [0.2, 0.25) is 0 Å². The predicted molar refractivity (Wildman–Crippen MR) is 63.9 cm³/mol. The number of hydrogen-bond donors (Lipinski definition) is 1. The topological polar surface area (TPSA) is 52.3 Å². The Hall–Kier alpha value is -0.220. The zero-order chi connectivity index (χ0) is 11.1. The minimum atomic E-state index is -0.432. The van der Waals surface area contributed by atoms with Crippen LogP contribution in [0.1, 0.15) is 32.6 Å². The first-order chi connectivity index (χ1) is 7.24. The monoisotopic (exact) mass is 231 g/mol. The summed E-state index contributed by atoms with van der Waals surface area (Å²) in [4.78, 5) is 11.2. The van der Waals surface area contributed by atoms with Crippen molar-refractivity contribution in [1.82, 2.24) is 0 Å². The molecule has 4 heteroatoms. The minimum absolute atomic E-state index is 0.262. The smallest absolute Gasteiger partial charge is 0.322 e. The van der Waals surface area contributed by atoms with E-state index in [1.807, 2.05) is 11.8 Å². The molecule has 1 fully saturated rings. The van der Waals surface area contributed by atoms with Gasteiger partial charge in [-0.25, -0.2) is 0 Å². The number of hydrogen-bond acceptors (Lipinski definition) is 4. The van der Waals surface area contributed by atoms with Crippen LogP contribution in [0.15, 0.2) is 0 Å². The van der Waals surface area contributed by atoms with E-state index in [0.29, 0.717) is 6.61 Å². The number of ether oxygens (including phenoxy) is 1. The summed E-state index contributed by atoms with van der Waals surface area (Å²) < 4.78 is 4.84. The first-order valence-corrected chi connectivity index (χ1v) is 6.89. The molecule has 0 radical (unpaired) electrons. The molecule has 0 saturated heterocycles. The summed E-state index contributed by atoms with van der Waals surface area (Å²) in [5.41, 5.74) is 5.68. The first kappa shape index (κ1) is 12.8. The summed E-state index contributed by atoms with van der Waals surface area (Å²) in [7, 11) is 0. The van der Waals surface area contributed by atoms with Crippen LogP contribution in [-0.2, 0) is 9.53 Å². The largest absolute Gasteiger partial charge is 0.465 e. The molecule has 1 aliphatic carbocycles. The lowest BCUT2D eigenvalue weighted by Gasteiger charge is -2.24. The zero-order valence-electron chi connectivity index (χ0n) is 9.41. The van der Waals surface area contributed by atoms with Gasteiger partial charge in [0, 0.05) is 0 Å². The quantitative estimate of drug-likeness (QED) is 0.536. The molecule has 15 heavy (non-hydrogen) atoms. The number of thioether (sulfide) groups is 1. The average Bonchev–Trinajstić information content (AvgIpc) is 2.14. The van der Waals surface area contributed by atoms with E-state index in [9.17, 15) is 4.79 Å². The van der Waals surface area contributed by atoms with Gasteiger partial charge in [0.1, 0.15) is 6.04 Å². The second-order valence-electron chi connectivity index (χ2n) is 4.02. The van der Waals surface area contributed by atoms with Crippen LogP contribution in [0.4, 0.5) is 0 Å². The molecule has 0 aliphatic heterocycles. The van der Waals surface area contributed by atoms with Crippen LogP contribution in [0.25, 0.3) is 0 Å². The van der Waals surface area contributed by atoms with Gasteiger partial charge in [0.05, 0.1) is 6.61 Å². The third-order valence-electron chi connectivity index (χ3n) is 2.74. The second kappa shape index (κ2) is 7.12. The van der Waals surface area contributed by atoms with Crippen LogP contribution in [0.3, 0.4) is 0 Å². The van der Waals surface area contributed by atoms with Gasteiger partial charge in [-0.15, -0.1) is 0 Å². The van der Waals surface area contributed by atoms with Crippen LogP contribution < -0.4 is 5.73 Å². The van der Waals surface area contributed by atoms with Crippen molar-refractivity contribution < 1.29 is 9.53 Å². The van der Waals surface area contributed by atoms with E-state index in [1.54, 1.807) is 6.92 Å². The van der Waals surface area contributed by atoms with E-state index in [4.69, 9.17) is 10.5 Å². The third-order valence-corrected chi connectivity index (χ3v) is 3.97. The highest BCUT2D eigenvalue weighted by Crippen LogP contribution is 2.29. The van der Waals surface area contributed by atoms with E-state index >= 15 is 0 Å². The van der Waals surface area contributed by atoms with Crippen molar-refractivity contribution in [3.05, 3.63) is 0 Å². The maximum atomic E-state index is 11.2. The summed E-state index contributed by atoms with van der Waals surface area (Å²) in [6.45, 7) is 2.22. The molecule has 1 aliphatic rings. The highest BCUT2D eigenvalue weighted by molar-refractivity contribution is 7.99. The van der Waals surface area contributed by atoms with Crippen LogP contribution in [-0.4, -0.2) is 30.1 Å². The normalized spacial score (nSPS) is 18.3. The van der Waals surface area contributed by atoms with Gasteiger partial charge < -0.3 is 10.5 Å². The lowest BCUT2D eigenvalue weighted by molar-refractivity contribution is -0.144. The molecular weight excluding hydrogens is 210 g/mol. The number of nitrogens with two attached hydrogens (primary N) is 1. The van der Waals surface area contributed by atoms with Gasteiger partial charge in [-0.1, -0.05) is 6.42 Å². The summed E-state index contributed by atoms with van der Waals surface area (Å²) in [6, 6.07) is -0.432. The van der Waals surface area contributed by atoms with Gasteiger partial charge in [0.25, 0.3) is 0 Å². The van der Waals surface area contributed by atoms with Crippen molar-refractivity contribution in [2.75, 3.05) is 18.1 Å². The van der Waals surface area contributed by atoms with E-state index in [-0.39, 0.29) is 5.97 Å². The van der Waals surface area contributed by atoms with Crippen LogP contribution in [0, 0.1) is 5.92 Å². The van der Waals surface area contributed by atoms with E-state index in [1.165, 1.54) is 25.0 Å². The first-order valence-electron chi connectivity index (χ1n) is 5.74. The van der Waals surface area contributed by atoms with Gasteiger partial charge >= 0.3 is 5.97 Å². The molecule has 3 nitrogen and oxygen atoms in total. The molecule has 88 valence electrons. The summed E-state index contributed by atoms with van der Waals surface area (Å²) in [6.07, 6.45) is 4.90. The summed E-state index contributed by atoms with van der Waals surface area (Å²) in [5, 5.41) is 0. The van der Waals surface area contributed by atoms with Crippen LogP contribution in [0.5, 0.6) is 0 Å². The average molecular weight is 231 g/mol. The predicted octanol–water partition coefficient (Wildman–Crippen LogP) is 1.80. The molecular formula is C11H21NO2S. The van der Waals surface area contributed by atoms with E-state index < -0.39 is 6.04 Å². The molecule has 1 saturated carbocycles. The Labute approximate surface area is 96.1 Å². The fourth-order valence-corrected chi connectivity index (χ4v) is 2.74. The highest BCUT2D eigenvalue weighted by atomic mass is 32.2. The molecule has 0 spiro atoms. The Morgan fingerprint density at radius 3 is 2.87 bits per heavy atom. The maximum Gasteiger partial charge on any atom is 0.322 e. The number of carbonyl (C=O) groups is 1. The fraction of sp³-hybridized carbons (Fsp3) is 0.909. The fourth-order valence-electron chi connectivity index (χ4n) is 1.49. The second-order valence-corrected chi connectivity index (χ2v) is 5.17. The SMILES string of the molecule is CCOC(=O)C(N)CCSCC1CCC1. The Morgan fingerprint density at radius 2 is 2.33 bits per heavy atom. The number of carbonyl (C=O) groups excluding carboxylic acids is 1. The molecule has 0 aromatic heterocycles. The van der Waals surface area contributed by atoms with Crippen LogP contribution in [0.2, 0.25) is 0 Å². The van der Waals surface area contributed by atoms with Crippen molar-refractivity contribution in [3.8, 4) is 0 Å². The number of esters is 1. The molecule has 0 aromatic rings. The van der Waals surface area contributed by atoms with Crippen molar-refractivity contribution in [3.63, 3.8) is 0 Å². The zero-order valence-corrected chi connectivity index (χ0v) is 10.2. The lowest BCUT2D eigenvalue weighted by atomic mass is 9.87. The van der Waals surface area contributed by atoms with E-state index in [2.05, 4.69) is 0 Å².